The third-order valence-electron chi connectivity index (χ3n) is 4.80. The molecule has 1 fully saturated rings. The number of carbonyl (C=O) groups excluding carboxylic acids is 1. The molecule has 1 saturated heterocycles. The molecule has 0 spiro atoms. The summed E-state index contributed by atoms with van der Waals surface area (Å²) in [4.78, 5) is 16.8. The second kappa shape index (κ2) is 7.67. The maximum atomic E-state index is 12.6. The normalized spacial score (nSPS) is 15.1. The fourth-order valence-corrected chi connectivity index (χ4v) is 3.25. The Morgan fingerprint density at radius 1 is 1.11 bits per heavy atom. The molecule has 1 aliphatic rings. The Bertz CT molecular complexity index is 881. The molecular formula is C20H23N5O2. The zero-order valence-corrected chi connectivity index (χ0v) is 15.3. The van der Waals surface area contributed by atoms with Gasteiger partial charge in [0.15, 0.2) is 0 Å². The van der Waals surface area contributed by atoms with Crippen LogP contribution >= 0.6 is 0 Å². The van der Waals surface area contributed by atoms with E-state index in [9.17, 15) is 4.79 Å². The van der Waals surface area contributed by atoms with Gasteiger partial charge in [0.1, 0.15) is 11.6 Å². The summed E-state index contributed by atoms with van der Waals surface area (Å²) in [5.41, 5.74) is 1.87. The van der Waals surface area contributed by atoms with Crippen molar-refractivity contribution >= 4 is 11.8 Å². The Morgan fingerprint density at radius 2 is 1.89 bits per heavy atom. The van der Waals surface area contributed by atoms with Crippen LogP contribution in [-0.2, 0) is 13.6 Å². The standard InChI is InChI=1S/C20H23N5O2/c1-23-19(14-18(22-23)16-6-3-2-4-7-16)21-20(26)25-11-9-24(10-12-25)15-17-8-5-13-27-17/h2-8,13-14H,9-12,15H2,1H3,(H,21,26). The van der Waals surface area contributed by atoms with Crippen molar-refractivity contribution in [3.8, 4) is 11.3 Å². The molecule has 7 nitrogen and oxygen atoms in total. The summed E-state index contributed by atoms with van der Waals surface area (Å²) < 4.78 is 7.10. The lowest BCUT2D eigenvalue weighted by molar-refractivity contribution is 0.137. The number of urea groups is 1. The molecule has 4 rings (SSSR count). The molecule has 0 saturated carbocycles. The highest BCUT2D eigenvalue weighted by Crippen LogP contribution is 2.21. The van der Waals surface area contributed by atoms with E-state index in [1.54, 1.807) is 10.9 Å². The summed E-state index contributed by atoms with van der Waals surface area (Å²) in [7, 11) is 1.84. The van der Waals surface area contributed by atoms with Gasteiger partial charge in [0, 0.05) is 44.9 Å². The van der Waals surface area contributed by atoms with Crippen molar-refractivity contribution in [2.75, 3.05) is 31.5 Å². The Kier molecular flexibility index (Phi) is 4.93. The Hall–Kier alpha value is -3.06. The van der Waals surface area contributed by atoms with Crippen LogP contribution in [0.3, 0.4) is 0 Å². The molecule has 1 aromatic carbocycles. The van der Waals surface area contributed by atoms with Crippen molar-refractivity contribution in [2.45, 2.75) is 6.54 Å². The Labute approximate surface area is 158 Å². The molecular weight excluding hydrogens is 342 g/mol. The first-order valence-corrected chi connectivity index (χ1v) is 9.09. The first kappa shape index (κ1) is 17.4. The van der Waals surface area contributed by atoms with E-state index in [1.165, 1.54) is 0 Å². The van der Waals surface area contributed by atoms with Crippen LogP contribution in [0.2, 0.25) is 0 Å². The lowest BCUT2D eigenvalue weighted by Crippen LogP contribution is -2.49. The monoisotopic (exact) mass is 365 g/mol. The number of aryl methyl sites for hydroxylation is 1. The van der Waals surface area contributed by atoms with Gasteiger partial charge >= 0.3 is 6.03 Å². The van der Waals surface area contributed by atoms with Crippen molar-refractivity contribution in [3.63, 3.8) is 0 Å². The van der Waals surface area contributed by atoms with Gasteiger partial charge in [-0.05, 0) is 12.1 Å². The Morgan fingerprint density at radius 3 is 2.59 bits per heavy atom. The quantitative estimate of drug-likeness (QED) is 0.772. The van der Waals surface area contributed by atoms with Gasteiger partial charge in [-0.15, -0.1) is 0 Å². The summed E-state index contributed by atoms with van der Waals surface area (Å²) in [6, 6.07) is 15.6. The van der Waals surface area contributed by atoms with Crippen LogP contribution in [0.1, 0.15) is 5.76 Å². The summed E-state index contributed by atoms with van der Waals surface area (Å²) >= 11 is 0. The van der Waals surface area contributed by atoms with Gasteiger partial charge in [-0.3, -0.25) is 14.9 Å². The molecule has 3 aromatic rings. The highest BCUT2D eigenvalue weighted by molar-refractivity contribution is 5.89. The van der Waals surface area contributed by atoms with Crippen molar-refractivity contribution in [1.29, 1.82) is 0 Å². The van der Waals surface area contributed by atoms with Gasteiger partial charge in [-0.2, -0.15) is 5.10 Å². The molecule has 7 heteroatoms. The lowest BCUT2D eigenvalue weighted by Gasteiger charge is -2.34. The van der Waals surface area contributed by atoms with Crippen LogP contribution in [0.4, 0.5) is 10.6 Å². The Balaban J connectivity index is 1.34. The minimum atomic E-state index is -0.0877. The van der Waals surface area contributed by atoms with E-state index in [0.29, 0.717) is 18.9 Å². The molecule has 27 heavy (non-hydrogen) atoms. The number of nitrogens with zero attached hydrogens (tertiary/aromatic N) is 4. The van der Waals surface area contributed by atoms with Crippen molar-refractivity contribution in [2.24, 2.45) is 7.05 Å². The van der Waals surface area contributed by atoms with Gasteiger partial charge in [0.05, 0.1) is 18.5 Å². The van der Waals surface area contributed by atoms with Crippen LogP contribution in [0, 0.1) is 0 Å². The highest BCUT2D eigenvalue weighted by Gasteiger charge is 2.22. The number of carbonyl (C=O) groups is 1. The van der Waals surface area contributed by atoms with Gasteiger partial charge in [-0.25, -0.2) is 4.79 Å². The molecule has 0 bridgehead atoms. The maximum absolute atomic E-state index is 12.6. The summed E-state index contributed by atoms with van der Waals surface area (Å²) in [6.07, 6.45) is 1.69. The van der Waals surface area contributed by atoms with Crippen LogP contribution in [0.5, 0.6) is 0 Å². The second-order valence-electron chi connectivity index (χ2n) is 6.68. The van der Waals surface area contributed by atoms with Crippen LogP contribution in [-0.4, -0.2) is 51.8 Å². The molecule has 140 valence electrons. The minimum Gasteiger partial charge on any atom is -0.468 e. The summed E-state index contributed by atoms with van der Waals surface area (Å²) in [5.74, 6) is 1.65. The van der Waals surface area contributed by atoms with Crippen LogP contribution in [0.25, 0.3) is 11.3 Å². The molecule has 0 aliphatic carbocycles. The number of anilines is 1. The number of benzene rings is 1. The third-order valence-corrected chi connectivity index (χ3v) is 4.80. The van der Waals surface area contributed by atoms with E-state index in [0.717, 1.165) is 36.7 Å². The predicted octanol–water partition coefficient (Wildman–Crippen LogP) is 3.03. The number of aromatic nitrogens is 2. The largest absolute Gasteiger partial charge is 0.468 e. The number of rotatable bonds is 4. The predicted molar refractivity (Wildman–Crippen MR) is 103 cm³/mol. The fourth-order valence-electron chi connectivity index (χ4n) is 3.25. The molecule has 2 amide bonds. The summed E-state index contributed by atoms with van der Waals surface area (Å²) in [6.45, 7) is 3.82. The van der Waals surface area contributed by atoms with Crippen molar-refractivity contribution < 1.29 is 9.21 Å². The maximum Gasteiger partial charge on any atom is 0.323 e. The summed E-state index contributed by atoms with van der Waals surface area (Å²) in [5, 5.41) is 7.48. The third kappa shape index (κ3) is 4.03. The first-order chi connectivity index (χ1) is 13.2. The van der Waals surface area contributed by atoms with E-state index in [4.69, 9.17) is 4.42 Å². The average molecular weight is 365 g/mol. The fraction of sp³-hybridized carbons (Fsp3) is 0.300. The van der Waals surface area contributed by atoms with E-state index in [2.05, 4.69) is 15.3 Å². The van der Waals surface area contributed by atoms with E-state index in [-0.39, 0.29) is 6.03 Å². The molecule has 0 atom stereocenters. The van der Waals surface area contributed by atoms with E-state index in [1.807, 2.05) is 60.5 Å². The minimum absolute atomic E-state index is 0.0877. The number of hydrogen-bond acceptors (Lipinski definition) is 4. The first-order valence-electron chi connectivity index (χ1n) is 9.09. The molecule has 1 aliphatic heterocycles. The molecule has 0 unspecified atom stereocenters. The zero-order valence-electron chi connectivity index (χ0n) is 15.3. The smallest absolute Gasteiger partial charge is 0.323 e. The van der Waals surface area contributed by atoms with Crippen molar-refractivity contribution in [3.05, 3.63) is 60.6 Å². The van der Waals surface area contributed by atoms with Crippen LogP contribution in [0.15, 0.2) is 59.2 Å². The van der Waals surface area contributed by atoms with E-state index >= 15 is 0 Å². The zero-order chi connectivity index (χ0) is 18.6. The van der Waals surface area contributed by atoms with E-state index < -0.39 is 0 Å². The highest BCUT2D eigenvalue weighted by atomic mass is 16.3. The van der Waals surface area contributed by atoms with Gasteiger partial charge < -0.3 is 9.32 Å². The average Bonchev–Trinajstić information content (AvgIpc) is 3.33. The van der Waals surface area contributed by atoms with Crippen LogP contribution < -0.4 is 5.32 Å². The number of furan rings is 1. The van der Waals surface area contributed by atoms with Gasteiger partial charge in [0.25, 0.3) is 0 Å². The number of piperazine rings is 1. The topological polar surface area (TPSA) is 66.5 Å². The van der Waals surface area contributed by atoms with Gasteiger partial charge in [-0.1, -0.05) is 30.3 Å². The number of hydrogen-bond donors (Lipinski definition) is 1. The number of amides is 2. The molecule has 2 aromatic heterocycles. The molecule has 0 radical (unpaired) electrons. The van der Waals surface area contributed by atoms with Gasteiger partial charge in [0.2, 0.25) is 0 Å². The lowest BCUT2D eigenvalue weighted by atomic mass is 10.2. The van der Waals surface area contributed by atoms with Crippen molar-refractivity contribution in [1.82, 2.24) is 19.6 Å². The molecule has 3 heterocycles. The second-order valence-corrected chi connectivity index (χ2v) is 6.68. The molecule has 1 N–H and O–H groups in total. The number of nitrogens with one attached hydrogen (secondary N) is 1. The SMILES string of the molecule is Cn1nc(-c2ccccc2)cc1NC(=O)N1CCN(Cc2ccco2)CC1.